The minimum absolute atomic E-state index is 0.150. The maximum atomic E-state index is 12.5. The Balaban J connectivity index is 1.73. The van der Waals surface area contributed by atoms with E-state index in [4.69, 9.17) is 4.74 Å². The number of nitrogens with one attached hydrogen (secondary N) is 2. The van der Waals surface area contributed by atoms with E-state index in [1.54, 1.807) is 19.2 Å². The molecule has 0 unspecified atom stereocenters. The van der Waals surface area contributed by atoms with Gasteiger partial charge in [0.2, 0.25) is 0 Å². The number of hydrogen-bond donors (Lipinski definition) is 2. The summed E-state index contributed by atoms with van der Waals surface area (Å²) in [7, 11) is 5.52. The van der Waals surface area contributed by atoms with E-state index in [1.165, 1.54) is 11.8 Å². The van der Waals surface area contributed by atoms with Crippen LogP contribution in [0.4, 0.5) is 5.69 Å². The summed E-state index contributed by atoms with van der Waals surface area (Å²) >= 11 is 1.39. The highest BCUT2D eigenvalue weighted by atomic mass is 32.2. The van der Waals surface area contributed by atoms with Crippen LogP contribution >= 0.6 is 11.8 Å². The Kier molecular flexibility index (Phi) is 6.38. The Bertz CT molecular complexity index is 908. The Labute approximate surface area is 168 Å². The van der Waals surface area contributed by atoms with Crippen LogP contribution in [0.15, 0.2) is 52.3 Å². The molecule has 7 heteroatoms. The first-order valence-electron chi connectivity index (χ1n) is 8.88. The number of hydrogen-bond acceptors (Lipinski definition) is 5. The van der Waals surface area contributed by atoms with Crippen molar-refractivity contribution in [1.82, 2.24) is 10.2 Å². The summed E-state index contributed by atoms with van der Waals surface area (Å²) in [4.78, 5) is 28.3. The van der Waals surface area contributed by atoms with Gasteiger partial charge >= 0.3 is 0 Å². The average Bonchev–Trinajstić information content (AvgIpc) is 2.68. The first-order valence-corrected chi connectivity index (χ1v) is 9.70. The van der Waals surface area contributed by atoms with Crippen molar-refractivity contribution in [2.45, 2.75) is 4.90 Å². The minimum Gasteiger partial charge on any atom is -0.497 e. The number of ether oxygens (including phenoxy) is 1. The number of carbonyl (C=O) groups excluding carboxylic acids is 2. The van der Waals surface area contributed by atoms with Crippen LogP contribution in [0.3, 0.4) is 0 Å². The predicted octanol–water partition coefficient (Wildman–Crippen LogP) is 3.07. The van der Waals surface area contributed by atoms with Crippen LogP contribution in [0.1, 0.15) is 15.9 Å². The van der Waals surface area contributed by atoms with Gasteiger partial charge in [0.15, 0.2) is 0 Å². The zero-order valence-electron chi connectivity index (χ0n) is 16.1. The third-order valence-corrected chi connectivity index (χ3v) is 5.29. The summed E-state index contributed by atoms with van der Waals surface area (Å²) in [5.74, 6) is 0.437. The van der Waals surface area contributed by atoms with Crippen molar-refractivity contribution in [3.63, 3.8) is 0 Å². The Hall–Kier alpha value is -2.77. The van der Waals surface area contributed by atoms with Crippen molar-refractivity contribution in [3.8, 4) is 5.75 Å². The fraction of sp³-hybridized carbons (Fsp3) is 0.238. The second-order valence-electron chi connectivity index (χ2n) is 6.61. The quantitative estimate of drug-likeness (QED) is 0.733. The Morgan fingerprint density at radius 1 is 1.21 bits per heavy atom. The van der Waals surface area contributed by atoms with Crippen molar-refractivity contribution in [1.29, 1.82) is 0 Å². The number of anilines is 1. The van der Waals surface area contributed by atoms with E-state index in [1.807, 2.05) is 55.4 Å². The molecule has 0 radical (unpaired) electrons. The van der Waals surface area contributed by atoms with Crippen molar-refractivity contribution >= 4 is 35.3 Å². The maximum absolute atomic E-state index is 12.5. The Morgan fingerprint density at radius 3 is 2.64 bits per heavy atom. The molecular formula is C21H23N3O3S. The van der Waals surface area contributed by atoms with Crippen molar-refractivity contribution in [3.05, 3.63) is 58.5 Å². The second-order valence-corrected chi connectivity index (χ2v) is 7.69. The van der Waals surface area contributed by atoms with Crippen LogP contribution in [0.25, 0.3) is 6.08 Å². The smallest absolute Gasteiger partial charge is 0.262 e. The van der Waals surface area contributed by atoms with Crippen molar-refractivity contribution in [2.75, 3.05) is 39.6 Å². The Morgan fingerprint density at radius 2 is 1.96 bits per heavy atom. The third kappa shape index (κ3) is 4.94. The van der Waals surface area contributed by atoms with E-state index in [-0.39, 0.29) is 11.8 Å². The largest absolute Gasteiger partial charge is 0.497 e. The average molecular weight is 398 g/mol. The SMILES string of the molecule is COc1ccc(/C=C2\Sc3ccc(C(=O)NCCN(C)C)cc3NC2=O)cc1. The number of nitrogens with zero attached hydrogens (tertiary/aromatic N) is 1. The van der Waals surface area contributed by atoms with Gasteiger partial charge in [0.25, 0.3) is 11.8 Å². The van der Waals surface area contributed by atoms with E-state index >= 15 is 0 Å². The normalized spacial score (nSPS) is 14.6. The zero-order valence-corrected chi connectivity index (χ0v) is 16.9. The fourth-order valence-corrected chi connectivity index (χ4v) is 3.58. The maximum Gasteiger partial charge on any atom is 0.262 e. The molecule has 0 saturated carbocycles. The third-order valence-electron chi connectivity index (χ3n) is 4.19. The molecule has 146 valence electrons. The zero-order chi connectivity index (χ0) is 20.1. The summed E-state index contributed by atoms with van der Waals surface area (Å²) in [5, 5.41) is 5.76. The molecule has 1 aliphatic heterocycles. The van der Waals surface area contributed by atoms with Crippen molar-refractivity contribution < 1.29 is 14.3 Å². The summed E-state index contributed by atoms with van der Waals surface area (Å²) < 4.78 is 5.15. The molecule has 6 nitrogen and oxygen atoms in total. The first kappa shape index (κ1) is 20.0. The van der Waals surface area contributed by atoms with E-state index < -0.39 is 0 Å². The van der Waals surface area contributed by atoms with Crippen LogP contribution in [0.2, 0.25) is 0 Å². The molecule has 28 heavy (non-hydrogen) atoms. The lowest BCUT2D eigenvalue weighted by Gasteiger charge is -2.19. The number of methoxy groups -OCH3 is 1. The molecule has 2 aromatic rings. The van der Waals surface area contributed by atoms with E-state index in [0.717, 1.165) is 22.8 Å². The molecule has 2 N–H and O–H groups in total. The standard InChI is InChI=1S/C21H23N3O3S/c1-24(2)11-10-22-20(25)15-6-9-18-17(13-15)23-21(26)19(28-18)12-14-4-7-16(27-3)8-5-14/h4-9,12-13H,10-11H2,1-3H3,(H,22,25)(H,23,26)/b19-12-. The van der Waals surface area contributed by atoms with E-state index in [9.17, 15) is 9.59 Å². The van der Waals surface area contributed by atoms with Gasteiger partial charge in [0, 0.05) is 23.5 Å². The molecule has 0 aromatic heterocycles. The molecule has 0 spiro atoms. The van der Waals surface area contributed by atoms with Gasteiger partial charge in [-0.15, -0.1) is 0 Å². The van der Waals surface area contributed by atoms with E-state index in [2.05, 4.69) is 10.6 Å². The predicted molar refractivity (Wildman–Crippen MR) is 113 cm³/mol. The van der Waals surface area contributed by atoms with Gasteiger partial charge in [-0.05, 0) is 56.1 Å². The van der Waals surface area contributed by atoms with Gasteiger partial charge in [-0.25, -0.2) is 0 Å². The number of rotatable bonds is 6. The molecular weight excluding hydrogens is 374 g/mol. The van der Waals surface area contributed by atoms with Gasteiger partial charge < -0.3 is 20.3 Å². The van der Waals surface area contributed by atoms with Gasteiger partial charge in [-0.3, -0.25) is 9.59 Å². The first-order chi connectivity index (χ1) is 13.5. The van der Waals surface area contributed by atoms with E-state index in [0.29, 0.717) is 22.7 Å². The molecule has 0 fully saturated rings. The van der Waals surface area contributed by atoms with Crippen LogP contribution in [0, 0.1) is 0 Å². The lowest BCUT2D eigenvalue weighted by molar-refractivity contribution is -0.112. The van der Waals surface area contributed by atoms with Gasteiger partial charge in [-0.2, -0.15) is 0 Å². The molecule has 1 aliphatic rings. The number of amides is 2. The number of benzene rings is 2. The molecule has 2 amide bonds. The number of fused-ring (bicyclic) bond motifs is 1. The highest BCUT2D eigenvalue weighted by Crippen LogP contribution is 2.39. The number of likely N-dealkylation sites (N-methyl/N-ethyl adjacent to an activating group) is 1. The summed E-state index contributed by atoms with van der Waals surface area (Å²) in [5.41, 5.74) is 2.10. The van der Waals surface area contributed by atoms with Crippen LogP contribution in [0.5, 0.6) is 5.75 Å². The fourth-order valence-electron chi connectivity index (χ4n) is 2.65. The summed E-state index contributed by atoms with van der Waals surface area (Å²) in [6.07, 6.45) is 1.84. The van der Waals surface area contributed by atoms with Crippen LogP contribution < -0.4 is 15.4 Å². The number of thioether (sulfide) groups is 1. The topological polar surface area (TPSA) is 70.7 Å². The lowest BCUT2D eigenvalue weighted by Crippen LogP contribution is -2.31. The lowest BCUT2D eigenvalue weighted by atomic mass is 10.1. The second kappa shape index (κ2) is 8.95. The monoisotopic (exact) mass is 397 g/mol. The highest BCUT2D eigenvalue weighted by molar-refractivity contribution is 8.04. The summed E-state index contributed by atoms with van der Waals surface area (Å²) in [6.45, 7) is 1.33. The highest BCUT2D eigenvalue weighted by Gasteiger charge is 2.22. The van der Waals surface area contributed by atoms with Crippen LogP contribution in [-0.2, 0) is 4.79 Å². The molecule has 3 rings (SSSR count). The molecule has 1 heterocycles. The number of carbonyl (C=O) groups is 2. The molecule has 0 aliphatic carbocycles. The molecule has 0 bridgehead atoms. The van der Waals surface area contributed by atoms with Crippen LogP contribution in [-0.4, -0.2) is 51.0 Å². The molecule has 2 aromatic carbocycles. The van der Waals surface area contributed by atoms with Gasteiger partial charge in [0.05, 0.1) is 17.7 Å². The van der Waals surface area contributed by atoms with Gasteiger partial charge in [-0.1, -0.05) is 23.9 Å². The summed E-state index contributed by atoms with van der Waals surface area (Å²) in [6, 6.07) is 12.9. The molecule has 0 atom stereocenters. The van der Waals surface area contributed by atoms with Gasteiger partial charge in [0.1, 0.15) is 5.75 Å². The molecule has 0 saturated heterocycles. The van der Waals surface area contributed by atoms with Crippen molar-refractivity contribution in [2.24, 2.45) is 0 Å². The minimum atomic E-state index is -0.182.